The van der Waals surface area contributed by atoms with Crippen LogP contribution in [0.4, 0.5) is 5.69 Å². The van der Waals surface area contributed by atoms with E-state index in [-0.39, 0.29) is 5.91 Å². The molecular weight excluding hydrogens is 300 g/mol. The van der Waals surface area contributed by atoms with Crippen LogP contribution in [0.2, 0.25) is 5.02 Å². The third-order valence-electron chi connectivity index (χ3n) is 4.13. The second kappa shape index (κ2) is 9.13. The summed E-state index contributed by atoms with van der Waals surface area (Å²) in [6, 6.07) is 7.30. The molecule has 1 heterocycles. The molecule has 1 fully saturated rings. The number of nitrogens with one attached hydrogen (secondary N) is 1. The van der Waals surface area contributed by atoms with Crippen molar-refractivity contribution in [2.45, 2.75) is 25.7 Å². The highest BCUT2D eigenvalue weighted by Gasteiger charge is 2.14. The van der Waals surface area contributed by atoms with Gasteiger partial charge in [-0.05, 0) is 50.9 Å². The summed E-state index contributed by atoms with van der Waals surface area (Å²) in [6.45, 7) is 3.59. The van der Waals surface area contributed by atoms with Gasteiger partial charge in [-0.3, -0.25) is 4.79 Å². The van der Waals surface area contributed by atoms with Crippen molar-refractivity contribution in [2.75, 3.05) is 38.7 Å². The molecule has 0 unspecified atom stereocenters. The molecule has 0 radical (unpaired) electrons. The average Bonchev–Trinajstić information content (AvgIpc) is 2.54. The van der Waals surface area contributed by atoms with E-state index in [1.807, 2.05) is 18.2 Å². The van der Waals surface area contributed by atoms with E-state index in [0.29, 0.717) is 17.1 Å². The fourth-order valence-electron chi connectivity index (χ4n) is 2.62. The van der Waals surface area contributed by atoms with Crippen molar-refractivity contribution in [3.63, 3.8) is 0 Å². The van der Waals surface area contributed by atoms with Gasteiger partial charge in [0.1, 0.15) is 0 Å². The van der Waals surface area contributed by atoms with Gasteiger partial charge in [0.25, 0.3) is 0 Å². The lowest BCUT2D eigenvalue weighted by molar-refractivity contribution is -0.116. The maximum absolute atomic E-state index is 12.0. The van der Waals surface area contributed by atoms with E-state index in [1.165, 1.54) is 19.3 Å². The van der Waals surface area contributed by atoms with Gasteiger partial charge in [-0.1, -0.05) is 23.7 Å². The number of ether oxygens (including phenoxy) is 1. The fraction of sp³-hybridized carbons (Fsp3) is 0.588. The number of amides is 1. The summed E-state index contributed by atoms with van der Waals surface area (Å²) >= 11 is 6.03. The lowest BCUT2D eigenvalue weighted by atomic mass is 9.96. The fourth-order valence-corrected chi connectivity index (χ4v) is 2.80. The number of benzene rings is 1. The number of hydrogen-bond acceptors (Lipinski definition) is 3. The number of rotatable bonds is 7. The van der Waals surface area contributed by atoms with Gasteiger partial charge < -0.3 is 15.0 Å². The standard InChI is InChI=1S/C17H25ClN2O2/c1-20(10-6-14-8-12-22-13-9-14)11-7-17(21)19-16-5-3-2-4-15(16)18/h2-5,14H,6-13H2,1H3,(H,19,21). The van der Waals surface area contributed by atoms with Crippen molar-refractivity contribution in [3.8, 4) is 0 Å². The first kappa shape index (κ1) is 17.3. The Kier molecular flexibility index (Phi) is 7.16. The average molecular weight is 325 g/mol. The Morgan fingerprint density at radius 1 is 1.32 bits per heavy atom. The normalized spacial score (nSPS) is 16.0. The SMILES string of the molecule is CN(CCC(=O)Nc1ccccc1Cl)CCC1CCOCC1. The van der Waals surface area contributed by atoms with Crippen molar-refractivity contribution >= 4 is 23.2 Å². The quantitative estimate of drug-likeness (QED) is 0.835. The van der Waals surface area contributed by atoms with E-state index in [0.717, 1.165) is 32.2 Å². The molecular formula is C17H25ClN2O2. The molecule has 1 aliphatic rings. The van der Waals surface area contributed by atoms with Crippen LogP contribution in [0, 0.1) is 5.92 Å². The van der Waals surface area contributed by atoms with Gasteiger partial charge in [-0.2, -0.15) is 0 Å². The van der Waals surface area contributed by atoms with Gasteiger partial charge in [0, 0.05) is 26.2 Å². The summed E-state index contributed by atoms with van der Waals surface area (Å²) in [6.07, 6.45) is 4.00. The molecule has 1 saturated heterocycles. The van der Waals surface area contributed by atoms with E-state index in [4.69, 9.17) is 16.3 Å². The third-order valence-corrected chi connectivity index (χ3v) is 4.46. The zero-order valence-electron chi connectivity index (χ0n) is 13.2. The van der Waals surface area contributed by atoms with Crippen LogP contribution in [0.5, 0.6) is 0 Å². The summed E-state index contributed by atoms with van der Waals surface area (Å²) < 4.78 is 5.37. The van der Waals surface area contributed by atoms with E-state index in [9.17, 15) is 4.79 Å². The van der Waals surface area contributed by atoms with E-state index in [1.54, 1.807) is 6.07 Å². The van der Waals surface area contributed by atoms with Gasteiger partial charge >= 0.3 is 0 Å². The number of hydrogen-bond donors (Lipinski definition) is 1. The van der Waals surface area contributed by atoms with Gasteiger partial charge in [0.15, 0.2) is 0 Å². The second-order valence-corrected chi connectivity index (χ2v) is 6.33. The Hall–Kier alpha value is -1.10. The maximum Gasteiger partial charge on any atom is 0.225 e. The van der Waals surface area contributed by atoms with E-state index < -0.39 is 0 Å². The summed E-state index contributed by atoms with van der Waals surface area (Å²) in [5.41, 5.74) is 0.680. The van der Waals surface area contributed by atoms with Gasteiger partial charge in [0.05, 0.1) is 10.7 Å². The van der Waals surface area contributed by atoms with Crippen LogP contribution in [0.25, 0.3) is 0 Å². The first-order valence-corrected chi connectivity index (χ1v) is 8.33. The van der Waals surface area contributed by atoms with Crippen molar-refractivity contribution in [1.82, 2.24) is 4.90 Å². The molecule has 2 rings (SSSR count). The summed E-state index contributed by atoms with van der Waals surface area (Å²) in [4.78, 5) is 14.2. The lowest BCUT2D eigenvalue weighted by Gasteiger charge is -2.24. The molecule has 0 aliphatic carbocycles. The summed E-state index contributed by atoms with van der Waals surface area (Å²) in [5.74, 6) is 0.777. The number of anilines is 1. The van der Waals surface area contributed by atoms with Crippen molar-refractivity contribution in [1.29, 1.82) is 0 Å². The Morgan fingerprint density at radius 2 is 2.05 bits per heavy atom. The van der Waals surface area contributed by atoms with Crippen LogP contribution in [-0.4, -0.2) is 44.2 Å². The van der Waals surface area contributed by atoms with Crippen LogP contribution in [0.3, 0.4) is 0 Å². The molecule has 0 saturated carbocycles. The van der Waals surface area contributed by atoms with Crippen LogP contribution in [0.15, 0.2) is 24.3 Å². The van der Waals surface area contributed by atoms with Gasteiger partial charge in [-0.15, -0.1) is 0 Å². The Labute approximate surface area is 137 Å². The molecule has 5 heteroatoms. The number of carbonyl (C=O) groups is 1. The predicted octanol–water partition coefficient (Wildman–Crippen LogP) is 3.42. The van der Waals surface area contributed by atoms with Gasteiger partial charge in [-0.25, -0.2) is 0 Å². The highest BCUT2D eigenvalue weighted by Crippen LogP contribution is 2.21. The molecule has 1 amide bonds. The first-order valence-electron chi connectivity index (χ1n) is 7.96. The summed E-state index contributed by atoms with van der Waals surface area (Å²) in [7, 11) is 2.07. The van der Waals surface area contributed by atoms with Crippen LogP contribution >= 0.6 is 11.6 Å². The molecule has 4 nitrogen and oxygen atoms in total. The molecule has 1 aromatic carbocycles. The number of nitrogens with zero attached hydrogens (tertiary/aromatic N) is 1. The summed E-state index contributed by atoms with van der Waals surface area (Å²) in [5, 5.41) is 3.43. The molecule has 22 heavy (non-hydrogen) atoms. The zero-order valence-corrected chi connectivity index (χ0v) is 13.9. The Bertz CT molecular complexity index is 475. The van der Waals surface area contributed by atoms with Crippen LogP contribution in [-0.2, 0) is 9.53 Å². The predicted molar refractivity (Wildman–Crippen MR) is 90.4 cm³/mol. The van der Waals surface area contributed by atoms with Gasteiger partial charge in [0.2, 0.25) is 5.91 Å². The molecule has 0 spiro atoms. The molecule has 1 aromatic rings. The van der Waals surface area contributed by atoms with Crippen LogP contribution in [0.1, 0.15) is 25.7 Å². The third kappa shape index (κ3) is 5.95. The minimum Gasteiger partial charge on any atom is -0.381 e. The van der Waals surface area contributed by atoms with Crippen molar-refractivity contribution in [2.24, 2.45) is 5.92 Å². The smallest absolute Gasteiger partial charge is 0.225 e. The van der Waals surface area contributed by atoms with E-state index in [2.05, 4.69) is 17.3 Å². The minimum absolute atomic E-state index is 0.00557. The second-order valence-electron chi connectivity index (χ2n) is 5.93. The van der Waals surface area contributed by atoms with E-state index >= 15 is 0 Å². The first-order chi connectivity index (χ1) is 10.6. The topological polar surface area (TPSA) is 41.6 Å². The molecule has 0 aromatic heterocycles. The number of halogens is 1. The highest BCUT2D eigenvalue weighted by atomic mass is 35.5. The van der Waals surface area contributed by atoms with Crippen LogP contribution < -0.4 is 5.32 Å². The van der Waals surface area contributed by atoms with Crippen molar-refractivity contribution < 1.29 is 9.53 Å². The Balaban J connectivity index is 1.64. The minimum atomic E-state index is 0.00557. The lowest BCUT2D eigenvalue weighted by Crippen LogP contribution is -2.27. The number of carbonyl (C=O) groups excluding carboxylic acids is 1. The molecule has 0 bridgehead atoms. The largest absolute Gasteiger partial charge is 0.381 e. The molecule has 0 atom stereocenters. The zero-order chi connectivity index (χ0) is 15.8. The monoisotopic (exact) mass is 324 g/mol. The Morgan fingerprint density at radius 3 is 2.77 bits per heavy atom. The maximum atomic E-state index is 12.0. The molecule has 1 aliphatic heterocycles. The highest BCUT2D eigenvalue weighted by molar-refractivity contribution is 6.33. The number of para-hydroxylation sites is 1. The molecule has 122 valence electrons. The van der Waals surface area contributed by atoms with Crippen molar-refractivity contribution in [3.05, 3.63) is 29.3 Å². The molecule has 1 N–H and O–H groups in total.